The zero-order chi connectivity index (χ0) is 16.3. The summed E-state index contributed by atoms with van der Waals surface area (Å²) in [5.74, 6) is 0.0949. The number of hydrogen-bond acceptors (Lipinski definition) is 2. The fourth-order valence-electron chi connectivity index (χ4n) is 3.14. The lowest BCUT2D eigenvalue weighted by molar-refractivity contribution is -0.130. The van der Waals surface area contributed by atoms with Crippen LogP contribution in [0, 0.1) is 0 Å². The van der Waals surface area contributed by atoms with E-state index in [1.165, 1.54) is 0 Å². The van der Waals surface area contributed by atoms with Crippen molar-refractivity contribution in [2.24, 2.45) is 5.73 Å². The molecule has 1 amide bonds. The molecule has 1 fully saturated rings. The molecule has 0 radical (unpaired) electrons. The van der Waals surface area contributed by atoms with Crippen molar-refractivity contribution in [3.63, 3.8) is 0 Å². The Balaban J connectivity index is 0.00000208. The molecule has 5 heteroatoms. The summed E-state index contributed by atoms with van der Waals surface area (Å²) in [5, 5.41) is 3.06. The average Bonchev–Trinajstić information content (AvgIpc) is 2.54. The molecule has 0 spiro atoms. The molecule has 1 saturated carbocycles. The van der Waals surface area contributed by atoms with E-state index in [9.17, 15) is 4.79 Å². The van der Waals surface area contributed by atoms with Gasteiger partial charge in [-0.1, -0.05) is 64.8 Å². The number of rotatable bonds is 5. The maximum atomic E-state index is 12.8. The standard InChI is InChI=1S/C19H21BrN2O.ClH/c20-16-9-7-15(8-10-16)19(11-4-12-19)18(23)22-13-17(21)14-5-2-1-3-6-14;/h1-3,5-10,17H,4,11-13,21H2,(H,22,23);1H. The van der Waals surface area contributed by atoms with Gasteiger partial charge in [-0.2, -0.15) is 0 Å². The highest BCUT2D eigenvalue weighted by atomic mass is 79.9. The van der Waals surface area contributed by atoms with Gasteiger partial charge < -0.3 is 11.1 Å². The number of carbonyl (C=O) groups is 1. The van der Waals surface area contributed by atoms with Crippen molar-refractivity contribution in [1.82, 2.24) is 5.32 Å². The molecular formula is C19H22BrClN2O. The quantitative estimate of drug-likeness (QED) is 0.781. The van der Waals surface area contributed by atoms with Gasteiger partial charge in [-0.05, 0) is 36.1 Å². The maximum Gasteiger partial charge on any atom is 0.230 e. The molecule has 24 heavy (non-hydrogen) atoms. The molecule has 0 aliphatic heterocycles. The van der Waals surface area contributed by atoms with Crippen molar-refractivity contribution in [2.75, 3.05) is 6.54 Å². The molecule has 1 atom stereocenters. The summed E-state index contributed by atoms with van der Waals surface area (Å²) in [6.45, 7) is 0.459. The predicted octanol–water partition coefficient (Wildman–Crippen LogP) is 4.11. The monoisotopic (exact) mass is 408 g/mol. The van der Waals surface area contributed by atoms with Crippen LogP contribution >= 0.6 is 28.3 Å². The van der Waals surface area contributed by atoms with E-state index in [2.05, 4.69) is 21.2 Å². The molecule has 1 aliphatic carbocycles. The second-order valence-corrected chi connectivity index (χ2v) is 7.09. The third-order valence-electron chi connectivity index (χ3n) is 4.75. The fourth-order valence-corrected chi connectivity index (χ4v) is 3.40. The van der Waals surface area contributed by atoms with Crippen molar-refractivity contribution >= 4 is 34.2 Å². The van der Waals surface area contributed by atoms with E-state index < -0.39 is 0 Å². The number of hydrogen-bond donors (Lipinski definition) is 2. The van der Waals surface area contributed by atoms with Gasteiger partial charge in [-0.15, -0.1) is 12.4 Å². The van der Waals surface area contributed by atoms with Crippen LogP contribution in [-0.2, 0) is 10.2 Å². The van der Waals surface area contributed by atoms with E-state index in [1.807, 2.05) is 54.6 Å². The first kappa shape index (κ1) is 19.0. The van der Waals surface area contributed by atoms with Gasteiger partial charge in [0.05, 0.1) is 5.41 Å². The van der Waals surface area contributed by atoms with Crippen LogP contribution in [0.5, 0.6) is 0 Å². The summed E-state index contributed by atoms with van der Waals surface area (Å²) in [5.41, 5.74) is 7.94. The van der Waals surface area contributed by atoms with Crippen LogP contribution < -0.4 is 11.1 Å². The number of halogens is 2. The van der Waals surface area contributed by atoms with Crippen molar-refractivity contribution in [3.05, 3.63) is 70.2 Å². The summed E-state index contributed by atoms with van der Waals surface area (Å²) in [6, 6.07) is 17.8. The second-order valence-electron chi connectivity index (χ2n) is 6.17. The first-order chi connectivity index (χ1) is 11.1. The van der Waals surface area contributed by atoms with Crippen molar-refractivity contribution < 1.29 is 4.79 Å². The van der Waals surface area contributed by atoms with Crippen LogP contribution in [0.2, 0.25) is 0 Å². The minimum atomic E-state index is -0.378. The van der Waals surface area contributed by atoms with E-state index in [1.54, 1.807) is 0 Å². The van der Waals surface area contributed by atoms with Crippen LogP contribution in [0.15, 0.2) is 59.1 Å². The fraction of sp³-hybridized carbons (Fsp3) is 0.316. The minimum absolute atomic E-state index is 0. The van der Waals surface area contributed by atoms with Gasteiger partial charge in [0, 0.05) is 17.1 Å². The van der Waals surface area contributed by atoms with Crippen molar-refractivity contribution in [3.8, 4) is 0 Å². The Morgan fingerprint density at radius 2 is 1.75 bits per heavy atom. The van der Waals surface area contributed by atoms with Crippen LogP contribution in [0.1, 0.15) is 36.4 Å². The number of amides is 1. The largest absolute Gasteiger partial charge is 0.353 e. The Morgan fingerprint density at radius 3 is 2.29 bits per heavy atom. The molecule has 2 aromatic carbocycles. The lowest BCUT2D eigenvalue weighted by atomic mass is 9.64. The van der Waals surface area contributed by atoms with E-state index in [-0.39, 0.29) is 29.8 Å². The molecule has 128 valence electrons. The maximum absolute atomic E-state index is 12.8. The number of nitrogens with one attached hydrogen (secondary N) is 1. The zero-order valence-electron chi connectivity index (χ0n) is 13.4. The van der Waals surface area contributed by atoms with E-state index in [0.29, 0.717) is 6.54 Å². The molecular weight excluding hydrogens is 388 g/mol. The summed E-state index contributed by atoms with van der Waals surface area (Å²) in [4.78, 5) is 12.8. The van der Waals surface area contributed by atoms with E-state index in [4.69, 9.17) is 5.73 Å². The second kappa shape index (κ2) is 8.15. The smallest absolute Gasteiger partial charge is 0.230 e. The van der Waals surface area contributed by atoms with Gasteiger partial charge in [0.2, 0.25) is 5.91 Å². The molecule has 3 rings (SSSR count). The highest BCUT2D eigenvalue weighted by Gasteiger charge is 2.45. The molecule has 0 aromatic heterocycles. The van der Waals surface area contributed by atoms with Gasteiger partial charge >= 0.3 is 0 Å². The Morgan fingerprint density at radius 1 is 1.12 bits per heavy atom. The number of carbonyl (C=O) groups excluding carboxylic acids is 1. The molecule has 1 aliphatic rings. The Bertz CT molecular complexity index is 672. The van der Waals surface area contributed by atoms with Crippen LogP contribution in [-0.4, -0.2) is 12.5 Å². The van der Waals surface area contributed by atoms with Gasteiger partial charge in [-0.3, -0.25) is 4.79 Å². The minimum Gasteiger partial charge on any atom is -0.353 e. The predicted molar refractivity (Wildman–Crippen MR) is 103 cm³/mol. The lowest BCUT2D eigenvalue weighted by Crippen LogP contribution is -2.50. The highest BCUT2D eigenvalue weighted by Crippen LogP contribution is 2.44. The highest BCUT2D eigenvalue weighted by molar-refractivity contribution is 9.10. The summed E-state index contributed by atoms with van der Waals surface area (Å²) < 4.78 is 1.03. The van der Waals surface area contributed by atoms with Crippen LogP contribution in [0.3, 0.4) is 0 Å². The van der Waals surface area contributed by atoms with Gasteiger partial charge in [-0.25, -0.2) is 0 Å². The molecule has 1 unspecified atom stereocenters. The van der Waals surface area contributed by atoms with Crippen LogP contribution in [0.25, 0.3) is 0 Å². The first-order valence-electron chi connectivity index (χ1n) is 7.97. The SMILES string of the molecule is Cl.NC(CNC(=O)C1(c2ccc(Br)cc2)CCC1)c1ccccc1. The molecule has 2 aromatic rings. The van der Waals surface area contributed by atoms with Gasteiger partial charge in [0.15, 0.2) is 0 Å². The Labute approximate surface area is 157 Å². The van der Waals surface area contributed by atoms with Gasteiger partial charge in [0.25, 0.3) is 0 Å². The molecule has 3 nitrogen and oxygen atoms in total. The van der Waals surface area contributed by atoms with E-state index in [0.717, 1.165) is 34.9 Å². The summed E-state index contributed by atoms with van der Waals surface area (Å²) in [7, 11) is 0. The Kier molecular flexibility index (Phi) is 6.44. The molecule has 0 saturated heterocycles. The normalized spacial score (nSPS) is 16.4. The summed E-state index contributed by atoms with van der Waals surface area (Å²) >= 11 is 3.45. The lowest BCUT2D eigenvalue weighted by Gasteiger charge is -2.41. The number of nitrogens with two attached hydrogens (primary N) is 1. The van der Waals surface area contributed by atoms with Crippen molar-refractivity contribution in [1.29, 1.82) is 0 Å². The Hall–Kier alpha value is -1.36. The molecule has 0 heterocycles. The third kappa shape index (κ3) is 3.82. The summed E-state index contributed by atoms with van der Waals surface area (Å²) in [6.07, 6.45) is 2.90. The molecule has 0 bridgehead atoms. The zero-order valence-corrected chi connectivity index (χ0v) is 15.8. The topological polar surface area (TPSA) is 55.1 Å². The van der Waals surface area contributed by atoms with E-state index >= 15 is 0 Å². The average molecular weight is 410 g/mol. The van der Waals surface area contributed by atoms with Crippen molar-refractivity contribution in [2.45, 2.75) is 30.7 Å². The molecule has 3 N–H and O–H groups in total. The van der Waals surface area contributed by atoms with Crippen LogP contribution in [0.4, 0.5) is 0 Å². The third-order valence-corrected chi connectivity index (χ3v) is 5.28. The number of benzene rings is 2. The van der Waals surface area contributed by atoms with Gasteiger partial charge in [0.1, 0.15) is 0 Å². The first-order valence-corrected chi connectivity index (χ1v) is 8.76.